The smallest absolute Gasteiger partial charge is 0.260 e. The summed E-state index contributed by atoms with van der Waals surface area (Å²) in [6.07, 6.45) is 1.04. The molecule has 178 valence electrons. The van der Waals surface area contributed by atoms with E-state index in [4.69, 9.17) is 9.47 Å². The van der Waals surface area contributed by atoms with Gasteiger partial charge in [0.1, 0.15) is 23.8 Å². The lowest BCUT2D eigenvalue weighted by molar-refractivity contribution is -0.119. The average molecular weight is 482 g/mol. The van der Waals surface area contributed by atoms with Gasteiger partial charge in [-0.1, -0.05) is 18.2 Å². The zero-order chi connectivity index (χ0) is 24.6. The van der Waals surface area contributed by atoms with Gasteiger partial charge in [-0.3, -0.25) is 9.10 Å². The van der Waals surface area contributed by atoms with E-state index < -0.39 is 22.5 Å². The number of sulfonamides is 1. The summed E-state index contributed by atoms with van der Waals surface area (Å²) in [6, 6.07) is 23.0. The number of hydrogen-bond donors (Lipinski definition) is 1. The molecule has 1 amide bonds. The maximum absolute atomic E-state index is 12.5. The first-order valence-electron chi connectivity index (χ1n) is 10.6. The first-order chi connectivity index (χ1) is 16.3. The molecule has 9 heteroatoms. The number of hydrogen-bond acceptors (Lipinski definition) is 6. The first kappa shape index (κ1) is 24.8. The predicted octanol–water partition coefficient (Wildman–Crippen LogP) is 4.18. The minimum Gasteiger partial charge on any atom is -0.494 e. The molecule has 0 atom stereocenters. The number of anilines is 1. The zero-order valence-electron chi connectivity index (χ0n) is 19.3. The third-order valence-corrected chi connectivity index (χ3v) is 5.86. The van der Waals surface area contributed by atoms with Gasteiger partial charge in [0.2, 0.25) is 10.0 Å². The van der Waals surface area contributed by atoms with Gasteiger partial charge in [-0.05, 0) is 80.1 Å². The Balaban J connectivity index is 1.66. The van der Waals surface area contributed by atoms with E-state index in [0.29, 0.717) is 29.5 Å². The second-order valence-corrected chi connectivity index (χ2v) is 9.28. The summed E-state index contributed by atoms with van der Waals surface area (Å²) in [7, 11) is -3.72. The molecule has 0 spiro atoms. The average Bonchev–Trinajstić information content (AvgIpc) is 2.82. The zero-order valence-corrected chi connectivity index (χ0v) is 20.1. The Morgan fingerprint density at radius 2 is 1.50 bits per heavy atom. The van der Waals surface area contributed by atoms with Crippen molar-refractivity contribution in [1.29, 1.82) is 0 Å². The van der Waals surface area contributed by atoms with Crippen LogP contribution < -0.4 is 19.2 Å². The van der Waals surface area contributed by atoms with Gasteiger partial charge in [-0.25, -0.2) is 13.8 Å². The molecule has 3 aromatic carbocycles. The Labute approximate surface area is 199 Å². The number of rotatable bonds is 10. The Morgan fingerprint density at radius 3 is 2.09 bits per heavy atom. The van der Waals surface area contributed by atoms with Gasteiger partial charge in [0.15, 0.2) is 0 Å². The van der Waals surface area contributed by atoms with Gasteiger partial charge in [0, 0.05) is 0 Å². The molecule has 3 rings (SSSR count). The fourth-order valence-electron chi connectivity index (χ4n) is 3.04. The number of carbonyl (C=O) groups is 1. The quantitative estimate of drug-likeness (QED) is 0.346. The lowest BCUT2D eigenvalue weighted by atomic mass is 10.1. The number of carbonyl (C=O) groups excluding carboxylic acids is 1. The maximum atomic E-state index is 12.5. The lowest BCUT2D eigenvalue weighted by Gasteiger charge is -2.21. The van der Waals surface area contributed by atoms with Crippen molar-refractivity contribution in [3.05, 3.63) is 84.4 Å². The molecule has 0 aliphatic heterocycles. The number of hydrazone groups is 1. The van der Waals surface area contributed by atoms with Crippen LogP contribution in [0.5, 0.6) is 17.2 Å². The summed E-state index contributed by atoms with van der Waals surface area (Å²) < 4.78 is 36.9. The number of nitrogens with one attached hydrogen (secondary N) is 1. The van der Waals surface area contributed by atoms with E-state index in [2.05, 4.69) is 10.5 Å². The maximum Gasteiger partial charge on any atom is 0.260 e. The molecular formula is C25H27N3O5S. The molecule has 0 aliphatic rings. The van der Waals surface area contributed by atoms with Gasteiger partial charge < -0.3 is 9.47 Å². The van der Waals surface area contributed by atoms with E-state index in [-0.39, 0.29) is 0 Å². The van der Waals surface area contributed by atoms with Crippen LogP contribution in [-0.2, 0) is 14.8 Å². The minimum absolute atomic E-state index is 0.338. The summed E-state index contributed by atoms with van der Waals surface area (Å²) in [5.74, 6) is 1.38. The highest BCUT2D eigenvalue weighted by atomic mass is 32.2. The van der Waals surface area contributed by atoms with Crippen molar-refractivity contribution < 1.29 is 22.7 Å². The molecule has 0 radical (unpaired) electrons. The molecule has 0 unspecified atom stereocenters. The summed E-state index contributed by atoms with van der Waals surface area (Å²) >= 11 is 0. The van der Waals surface area contributed by atoms with Crippen molar-refractivity contribution in [3.8, 4) is 17.2 Å². The van der Waals surface area contributed by atoms with E-state index in [1.54, 1.807) is 31.2 Å². The number of amides is 1. The van der Waals surface area contributed by atoms with Gasteiger partial charge in [0.05, 0.1) is 24.3 Å². The number of benzene rings is 3. The highest BCUT2D eigenvalue weighted by Crippen LogP contribution is 2.25. The van der Waals surface area contributed by atoms with E-state index >= 15 is 0 Å². The van der Waals surface area contributed by atoms with Gasteiger partial charge in [0.25, 0.3) is 5.91 Å². The highest BCUT2D eigenvalue weighted by molar-refractivity contribution is 7.92. The van der Waals surface area contributed by atoms with E-state index in [1.807, 2.05) is 61.5 Å². The molecule has 0 fully saturated rings. The predicted molar refractivity (Wildman–Crippen MR) is 133 cm³/mol. The van der Waals surface area contributed by atoms with E-state index in [0.717, 1.165) is 21.9 Å². The lowest BCUT2D eigenvalue weighted by Crippen LogP contribution is -2.39. The van der Waals surface area contributed by atoms with Crippen LogP contribution in [-0.4, -0.2) is 39.4 Å². The molecule has 8 nitrogen and oxygen atoms in total. The van der Waals surface area contributed by atoms with Crippen LogP contribution in [0, 0.1) is 0 Å². The Hall–Kier alpha value is -3.85. The summed E-state index contributed by atoms with van der Waals surface area (Å²) in [4.78, 5) is 12.5. The molecule has 0 heterocycles. The van der Waals surface area contributed by atoms with Crippen molar-refractivity contribution >= 4 is 27.3 Å². The minimum atomic E-state index is -3.72. The third-order valence-electron chi connectivity index (χ3n) is 4.72. The highest BCUT2D eigenvalue weighted by Gasteiger charge is 2.21. The largest absolute Gasteiger partial charge is 0.494 e. The summed E-state index contributed by atoms with van der Waals surface area (Å²) in [5.41, 5.74) is 4.14. The fourth-order valence-corrected chi connectivity index (χ4v) is 3.90. The Morgan fingerprint density at radius 1 is 0.912 bits per heavy atom. The SMILES string of the molecule is CCOc1ccc(/C(C)=N/NC(=O)CN(c2ccc(Oc3ccccc3)cc2)S(C)(=O)=O)cc1. The van der Waals surface area contributed by atoms with Crippen LogP contribution in [0.3, 0.4) is 0 Å². The summed E-state index contributed by atoms with van der Waals surface area (Å²) in [5, 5.41) is 4.09. The molecule has 34 heavy (non-hydrogen) atoms. The van der Waals surface area contributed by atoms with Crippen LogP contribution in [0.25, 0.3) is 0 Å². The number of ether oxygens (including phenoxy) is 2. The monoisotopic (exact) mass is 481 g/mol. The first-order valence-corrected chi connectivity index (χ1v) is 12.5. The Bertz CT molecular complexity index is 1230. The second-order valence-electron chi connectivity index (χ2n) is 7.37. The molecule has 0 saturated heterocycles. The van der Waals surface area contributed by atoms with Gasteiger partial charge in [-0.2, -0.15) is 5.10 Å². The number of nitrogens with zero attached hydrogens (tertiary/aromatic N) is 2. The molecular weight excluding hydrogens is 454 g/mol. The van der Waals surface area contributed by atoms with Crippen molar-refractivity contribution in [2.75, 3.05) is 23.7 Å². The van der Waals surface area contributed by atoms with Crippen LogP contribution in [0.1, 0.15) is 19.4 Å². The van der Waals surface area contributed by atoms with Crippen molar-refractivity contribution in [3.63, 3.8) is 0 Å². The second kappa shape index (κ2) is 11.3. The molecule has 0 aliphatic carbocycles. The topological polar surface area (TPSA) is 97.3 Å². The van der Waals surface area contributed by atoms with Crippen LogP contribution in [0.2, 0.25) is 0 Å². The normalized spacial score (nSPS) is 11.6. The number of para-hydroxylation sites is 1. The molecule has 0 saturated carbocycles. The van der Waals surface area contributed by atoms with E-state index in [9.17, 15) is 13.2 Å². The molecule has 3 aromatic rings. The standard InChI is InChI=1S/C25H27N3O5S/c1-4-32-22-14-10-20(11-15-22)19(2)26-27-25(29)18-28(34(3,30)31)21-12-16-24(17-13-21)33-23-8-6-5-7-9-23/h5-17H,4,18H2,1-3H3,(H,27,29)/b26-19+. The van der Waals surface area contributed by atoms with Crippen LogP contribution in [0.4, 0.5) is 5.69 Å². The van der Waals surface area contributed by atoms with Crippen LogP contribution >= 0.6 is 0 Å². The third kappa shape index (κ3) is 7.08. The summed E-state index contributed by atoms with van der Waals surface area (Å²) in [6.45, 7) is 3.80. The molecule has 1 N–H and O–H groups in total. The molecule has 0 aromatic heterocycles. The Kier molecular flexibility index (Phi) is 8.26. The fraction of sp³-hybridized carbons (Fsp3) is 0.200. The van der Waals surface area contributed by atoms with Crippen LogP contribution in [0.15, 0.2) is 84.0 Å². The van der Waals surface area contributed by atoms with Crippen molar-refractivity contribution in [2.24, 2.45) is 5.10 Å². The van der Waals surface area contributed by atoms with Crippen molar-refractivity contribution in [2.45, 2.75) is 13.8 Å². The molecule has 0 bridgehead atoms. The van der Waals surface area contributed by atoms with Gasteiger partial charge in [-0.15, -0.1) is 0 Å². The van der Waals surface area contributed by atoms with E-state index in [1.165, 1.54) is 0 Å². The van der Waals surface area contributed by atoms with Crippen molar-refractivity contribution in [1.82, 2.24) is 5.43 Å². The van der Waals surface area contributed by atoms with Gasteiger partial charge >= 0.3 is 0 Å².